The Morgan fingerprint density at radius 3 is 2.94 bits per heavy atom. The molecular formula is C13H17NO3S. The number of carboxylic acids is 1. The fourth-order valence-electron chi connectivity index (χ4n) is 2.47. The lowest BCUT2D eigenvalue weighted by Crippen LogP contribution is -2.23. The number of thioether (sulfide) groups is 1. The molecule has 1 saturated carbocycles. The maximum Gasteiger partial charge on any atom is 0.337 e. The molecule has 2 atom stereocenters. The van der Waals surface area contributed by atoms with Crippen LogP contribution >= 0.6 is 11.8 Å². The van der Waals surface area contributed by atoms with Crippen molar-refractivity contribution in [1.29, 1.82) is 0 Å². The van der Waals surface area contributed by atoms with Crippen molar-refractivity contribution in [3.05, 3.63) is 34.2 Å². The van der Waals surface area contributed by atoms with Gasteiger partial charge >= 0.3 is 5.97 Å². The van der Waals surface area contributed by atoms with Crippen LogP contribution in [0.5, 0.6) is 0 Å². The van der Waals surface area contributed by atoms with E-state index in [2.05, 4.69) is 6.92 Å². The molecule has 0 aliphatic heterocycles. The zero-order valence-corrected chi connectivity index (χ0v) is 11.2. The Morgan fingerprint density at radius 2 is 2.28 bits per heavy atom. The minimum Gasteiger partial charge on any atom is -0.478 e. The third-order valence-electron chi connectivity index (χ3n) is 3.34. The number of aromatic nitrogens is 1. The normalized spacial score (nSPS) is 23.2. The van der Waals surface area contributed by atoms with Crippen molar-refractivity contribution in [2.45, 2.75) is 37.5 Å². The van der Waals surface area contributed by atoms with Crippen molar-refractivity contribution in [2.75, 3.05) is 5.75 Å². The molecule has 4 nitrogen and oxygen atoms in total. The molecule has 1 aromatic heterocycles. The molecule has 1 aromatic rings. The maximum atomic E-state index is 11.8. The summed E-state index contributed by atoms with van der Waals surface area (Å²) in [5, 5.41) is 9.56. The molecule has 0 saturated heterocycles. The first kappa shape index (κ1) is 13.2. The predicted octanol–water partition coefficient (Wildman–Crippen LogP) is 2.39. The lowest BCUT2D eigenvalue weighted by atomic mass is 10.2. The summed E-state index contributed by atoms with van der Waals surface area (Å²) in [5.74, 6) is 0.0998. The lowest BCUT2D eigenvalue weighted by Gasteiger charge is -2.14. The summed E-state index contributed by atoms with van der Waals surface area (Å²) in [6.45, 7) is 2.13. The molecule has 1 aliphatic carbocycles. The number of hydrogen-bond acceptors (Lipinski definition) is 3. The van der Waals surface area contributed by atoms with E-state index < -0.39 is 5.97 Å². The van der Waals surface area contributed by atoms with Gasteiger partial charge in [0.05, 0.1) is 5.56 Å². The van der Waals surface area contributed by atoms with E-state index in [1.165, 1.54) is 18.3 Å². The monoisotopic (exact) mass is 267 g/mol. The van der Waals surface area contributed by atoms with Crippen molar-refractivity contribution in [2.24, 2.45) is 0 Å². The number of aromatic carboxylic acids is 1. The summed E-state index contributed by atoms with van der Waals surface area (Å²) in [5.41, 5.74) is 0.0772. The zero-order valence-electron chi connectivity index (χ0n) is 10.3. The topological polar surface area (TPSA) is 59.3 Å². The van der Waals surface area contributed by atoms with Crippen molar-refractivity contribution in [3.8, 4) is 0 Å². The van der Waals surface area contributed by atoms with Gasteiger partial charge in [0, 0.05) is 23.6 Å². The van der Waals surface area contributed by atoms with Crippen molar-refractivity contribution >= 4 is 17.7 Å². The molecule has 1 heterocycles. The Labute approximate surface area is 110 Å². The molecule has 1 fully saturated rings. The first-order chi connectivity index (χ1) is 8.61. The minimum absolute atomic E-state index is 0.104. The third kappa shape index (κ3) is 2.77. The number of nitrogens with zero attached hydrogens (tertiary/aromatic N) is 1. The highest BCUT2D eigenvalue weighted by atomic mass is 32.2. The van der Waals surface area contributed by atoms with E-state index >= 15 is 0 Å². The number of carbonyl (C=O) groups is 1. The molecule has 0 bridgehead atoms. The Morgan fingerprint density at radius 1 is 1.50 bits per heavy atom. The van der Waals surface area contributed by atoms with Gasteiger partial charge < -0.3 is 9.67 Å². The second kappa shape index (κ2) is 5.61. The largest absolute Gasteiger partial charge is 0.478 e. The van der Waals surface area contributed by atoms with Crippen LogP contribution < -0.4 is 5.56 Å². The van der Waals surface area contributed by atoms with Gasteiger partial charge in [0.15, 0.2) is 0 Å². The second-order valence-electron chi connectivity index (χ2n) is 4.51. The molecule has 0 radical (unpaired) electrons. The second-order valence-corrected chi connectivity index (χ2v) is 6.09. The van der Waals surface area contributed by atoms with E-state index in [0.717, 1.165) is 25.0 Å². The molecule has 0 spiro atoms. The number of rotatable bonds is 4. The van der Waals surface area contributed by atoms with E-state index in [0.29, 0.717) is 5.25 Å². The van der Waals surface area contributed by atoms with E-state index in [9.17, 15) is 9.59 Å². The van der Waals surface area contributed by atoms with Gasteiger partial charge in [-0.15, -0.1) is 0 Å². The average molecular weight is 267 g/mol. The van der Waals surface area contributed by atoms with Gasteiger partial charge in [-0.3, -0.25) is 4.79 Å². The summed E-state index contributed by atoms with van der Waals surface area (Å²) in [6.07, 6.45) is 4.50. The Hall–Kier alpha value is -1.23. The zero-order chi connectivity index (χ0) is 13.1. The standard InChI is InChI=1S/C13H17NO3S/c1-2-18-11-5-4-10(7-11)14-8-9(13(16)17)3-6-12(14)15/h3,6,8,10-11H,2,4-5,7H2,1H3,(H,16,17). The maximum absolute atomic E-state index is 11.8. The van der Waals surface area contributed by atoms with Gasteiger partial charge in [-0.2, -0.15) is 11.8 Å². The molecule has 1 aliphatic rings. The molecular weight excluding hydrogens is 250 g/mol. The first-order valence-corrected chi connectivity index (χ1v) is 7.23. The number of hydrogen-bond donors (Lipinski definition) is 1. The van der Waals surface area contributed by atoms with E-state index in [-0.39, 0.29) is 17.2 Å². The smallest absolute Gasteiger partial charge is 0.337 e. The molecule has 98 valence electrons. The van der Waals surface area contributed by atoms with Gasteiger partial charge in [-0.25, -0.2) is 4.79 Å². The van der Waals surface area contributed by atoms with Crippen LogP contribution in [0.15, 0.2) is 23.1 Å². The molecule has 5 heteroatoms. The third-order valence-corrected chi connectivity index (χ3v) is 4.57. The molecule has 18 heavy (non-hydrogen) atoms. The van der Waals surface area contributed by atoms with Crippen LogP contribution in [0.4, 0.5) is 0 Å². The van der Waals surface area contributed by atoms with E-state index in [4.69, 9.17) is 5.11 Å². The molecule has 2 rings (SSSR count). The van der Waals surface area contributed by atoms with Crippen LogP contribution in [-0.4, -0.2) is 26.6 Å². The number of carboxylic acid groups (broad SMARTS) is 1. The highest BCUT2D eigenvalue weighted by molar-refractivity contribution is 7.99. The van der Waals surface area contributed by atoms with Crippen LogP contribution in [0.25, 0.3) is 0 Å². The van der Waals surface area contributed by atoms with Gasteiger partial charge in [0.2, 0.25) is 0 Å². The fourth-order valence-corrected chi connectivity index (χ4v) is 3.61. The first-order valence-electron chi connectivity index (χ1n) is 6.19. The average Bonchev–Trinajstić information content (AvgIpc) is 2.78. The van der Waals surface area contributed by atoms with Gasteiger partial charge in [-0.1, -0.05) is 6.92 Å². The quantitative estimate of drug-likeness (QED) is 0.910. The summed E-state index contributed by atoms with van der Waals surface area (Å²) in [7, 11) is 0. The Kier molecular flexibility index (Phi) is 4.11. The number of pyridine rings is 1. The summed E-state index contributed by atoms with van der Waals surface area (Å²) < 4.78 is 1.60. The molecule has 2 unspecified atom stereocenters. The van der Waals surface area contributed by atoms with Gasteiger partial charge in [-0.05, 0) is 31.1 Å². The summed E-state index contributed by atoms with van der Waals surface area (Å²) in [4.78, 5) is 22.7. The van der Waals surface area contributed by atoms with E-state index in [1.807, 2.05) is 11.8 Å². The molecule has 1 N–H and O–H groups in total. The summed E-state index contributed by atoms with van der Waals surface area (Å²) in [6, 6.07) is 2.87. The minimum atomic E-state index is -0.985. The molecule has 0 aromatic carbocycles. The van der Waals surface area contributed by atoms with Gasteiger partial charge in [0.25, 0.3) is 5.56 Å². The van der Waals surface area contributed by atoms with Crippen LogP contribution in [0.3, 0.4) is 0 Å². The SMILES string of the molecule is CCSC1CCC(n2cc(C(=O)O)ccc2=O)C1. The van der Waals surface area contributed by atoms with Gasteiger partial charge in [0.1, 0.15) is 0 Å². The van der Waals surface area contributed by atoms with E-state index in [1.54, 1.807) is 4.57 Å². The van der Waals surface area contributed by atoms with Crippen LogP contribution in [0.1, 0.15) is 42.6 Å². The van der Waals surface area contributed by atoms with Crippen LogP contribution in [-0.2, 0) is 0 Å². The van der Waals surface area contributed by atoms with Crippen molar-refractivity contribution in [3.63, 3.8) is 0 Å². The Bertz CT molecular complexity index is 497. The molecule has 0 amide bonds. The Balaban J connectivity index is 2.21. The fraction of sp³-hybridized carbons (Fsp3) is 0.538. The van der Waals surface area contributed by atoms with Crippen LogP contribution in [0.2, 0.25) is 0 Å². The summed E-state index contributed by atoms with van der Waals surface area (Å²) >= 11 is 1.92. The predicted molar refractivity (Wildman–Crippen MR) is 72.5 cm³/mol. The highest BCUT2D eigenvalue weighted by Gasteiger charge is 2.26. The van der Waals surface area contributed by atoms with Crippen molar-refractivity contribution in [1.82, 2.24) is 4.57 Å². The van der Waals surface area contributed by atoms with Crippen LogP contribution in [0, 0.1) is 0 Å². The lowest BCUT2D eigenvalue weighted by molar-refractivity contribution is 0.0695. The van der Waals surface area contributed by atoms with Crippen molar-refractivity contribution < 1.29 is 9.90 Å². The highest BCUT2D eigenvalue weighted by Crippen LogP contribution is 2.36.